The van der Waals surface area contributed by atoms with Gasteiger partial charge in [0.25, 0.3) is 0 Å². The fourth-order valence-electron chi connectivity index (χ4n) is 17.9. The molecule has 2 heterocycles. The Morgan fingerprint density at radius 2 is 0.473 bits per heavy atom. The van der Waals surface area contributed by atoms with Crippen molar-refractivity contribution in [3.8, 4) is 89.3 Å². The highest BCUT2D eigenvalue weighted by molar-refractivity contribution is 6.14. The van der Waals surface area contributed by atoms with Crippen molar-refractivity contribution < 1.29 is 0 Å². The molecule has 0 fully saturated rings. The van der Waals surface area contributed by atoms with Crippen molar-refractivity contribution in [1.29, 1.82) is 0 Å². The summed E-state index contributed by atoms with van der Waals surface area (Å²) in [6, 6.07) is 135. The summed E-state index contributed by atoms with van der Waals surface area (Å²) in [7, 11) is 0. The van der Waals surface area contributed by atoms with Gasteiger partial charge in [0, 0.05) is 77.9 Å². The van der Waals surface area contributed by atoms with Crippen LogP contribution in [0.1, 0.15) is 61.1 Å². The molecule has 522 valence electrons. The molecule has 20 rings (SSSR count). The highest BCUT2D eigenvalue weighted by Crippen LogP contribution is 2.54. The lowest BCUT2D eigenvalue weighted by Crippen LogP contribution is -2.16. The summed E-state index contributed by atoms with van der Waals surface area (Å²) in [5, 5.41) is 4.78. The van der Waals surface area contributed by atoms with Crippen LogP contribution >= 0.6 is 0 Å². The van der Waals surface area contributed by atoms with Gasteiger partial charge in [-0.3, -0.25) is 0 Å². The van der Waals surface area contributed by atoms with Crippen LogP contribution in [-0.4, -0.2) is 9.13 Å². The van der Waals surface area contributed by atoms with Crippen LogP contribution < -0.4 is 9.80 Å². The van der Waals surface area contributed by atoms with E-state index < -0.39 is 0 Å². The Balaban J connectivity index is 0.666. The van der Waals surface area contributed by atoms with Crippen molar-refractivity contribution in [2.24, 2.45) is 0 Å². The fraction of sp³-hybridized carbons (Fsp3) is 0.0566. The molecule has 4 heteroatoms. The number of hydrogen-bond donors (Lipinski definition) is 0. The predicted molar refractivity (Wildman–Crippen MR) is 467 cm³/mol. The highest BCUT2D eigenvalue weighted by Gasteiger charge is 2.38. The molecule has 0 bridgehead atoms. The zero-order chi connectivity index (χ0) is 73.9. The average Bonchev–Trinajstić information content (AvgIpc) is 1.59. The molecule has 16 aromatic carbocycles. The molecule has 0 saturated heterocycles. The number of benzene rings is 16. The SMILES string of the molecule is C=Cc1ccc(-c2ccc(N(c3ccc(-c4ccc5c(c4)c4cc(-c6ccc7c(c6)c6cc(-c8ccc(N(c9ccc(-c%10ccc(C=C)cc%10)cc9)c9ccc%10c(c9)C(C)(C)c9ccccc9-%10)cc8)ccc6n7-c6ccccc6)ccc4n5-c4ccccc4)cc3)c3ccc4c(c3)C(C)(C)c3ccccc3-4)cc2)cc1. The molecule has 0 radical (unpaired) electrons. The summed E-state index contributed by atoms with van der Waals surface area (Å²) in [6.45, 7) is 17.4. The monoisotopic (exact) mass is 1410 g/mol. The Hall–Kier alpha value is -13.8. The summed E-state index contributed by atoms with van der Waals surface area (Å²) in [4.78, 5) is 4.83. The molecule has 0 unspecified atom stereocenters. The van der Waals surface area contributed by atoms with Gasteiger partial charge in [0.05, 0.1) is 22.1 Å². The van der Waals surface area contributed by atoms with Crippen molar-refractivity contribution in [1.82, 2.24) is 9.13 Å². The van der Waals surface area contributed by atoms with Gasteiger partial charge >= 0.3 is 0 Å². The first-order valence-electron chi connectivity index (χ1n) is 38.2. The Labute approximate surface area is 643 Å². The van der Waals surface area contributed by atoms with E-state index >= 15 is 0 Å². The van der Waals surface area contributed by atoms with Crippen LogP contribution in [0.5, 0.6) is 0 Å². The van der Waals surface area contributed by atoms with Gasteiger partial charge in [-0.05, 0) is 257 Å². The molecular weight excluding hydrogens is 1330 g/mol. The quantitative estimate of drug-likeness (QED) is 0.102. The molecule has 0 spiro atoms. The lowest BCUT2D eigenvalue weighted by atomic mass is 9.82. The first kappa shape index (κ1) is 65.7. The summed E-state index contributed by atoms with van der Waals surface area (Å²) >= 11 is 0. The van der Waals surface area contributed by atoms with Gasteiger partial charge in [-0.15, -0.1) is 0 Å². The minimum Gasteiger partial charge on any atom is -0.310 e. The fourth-order valence-corrected chi connectivity index (χ4v) is 17.9. The van der Waals surface area contributed by atoms with E-state index in [1.165, 1.54) is 88.3 Å². The molecule has 0 N–H and O–H groups in total. The Morgan fingerprint density at radius 1 is 0.227 bits per heavy atom. The zero-order valence-electron chi connectivity index (χ0n) is 62.0. The van der Waals surface area contributed by atoms with Gasteiger partial charge < -0.3 is 18.9 Å². The molecule has 0 atom stereocenters. The van der Waals surface area contributed by atoms with Crippen LogP contribution in [0.3, 0.4) is 0 Å². The first-order chi connectivity index (χ1) is 53.9. The molecule has 0 saturated carbocycles. The van der Waals surface area contributed by atoms with Crippen molar-refractivity contribution in [3.63, 3.8) is 0 Å². The lowest BCUT2D eigenvalue weighted by Gasteiger charge is -2.28. The van der Waals surface area contributed by atoms with E-state index in [0.29, 0.717) is 0 Å². The van der Waals surface area contributed by atoms with Gasteiger partial charge in [0.15, 0.2) is 0 Å². The molecular formula is C106H78N4. The van der Waals surface area contributed by atoms with Crippen molar-refractivity contribution in [2.75, 3.05) is 9.80 Å². The maximum atomic E-state index is 3.98. The highest BCUT2D eigenvalue weighted by atomic mass is 15.1. The molecule has 0 aliphatic heterocycles. The van der Waals surface area contributed by atoms with Crippen LogP contribution in [0.25, 0.3) is 145 Å². The molecule has 0 amide bonds. The van der Waals surface area contributed by atoms with Crippen LogP contribution in [0.2, 0.25) is 0 Å². The van der Waals surface area contributed by atoms with E-state index in [0.717, 1.165) is 112 Å². The Kier molecular flexibility index (Phi) is 15.5. The third-order valence-electron chi connectivity index (χ3n) is 23.7. The number of aromatic nitrogens is 2. The summed E-state index contributed by atoms with van der Waals surface area (Å²) in [5.41, 5.74) is 37.6. The van der Waals surface area contributed by atoms with Crippen molar-refractivity contribution >= 4 is 89.9 Å². The lowest BCUT2D eigenvalue weighted by molar-refractivity contribution is 0.660. The van der Waals surface area contributed by atoms with Crippen LogP contribution in [0, 0.1) is 0 Å². The number of fused-ring (bicyclic) bond motifs is 12. The largest absolute Gasteiger partial charge is 0.310 e. The van der Waals surface area contributed by atoms with E-state index in [9.17, 15) is 0 Å². The third kappa shape index (κ3) is 10.9. The number of anilines is 6. The predicted octanol–water partition coefficient (Wildman–Crippen LogP) is 29.1. The number of rotatable bonds is 15. The van der Waals surface area contributed by atoms with Gasteiger partial charge in [-0.2, -0.15) is 0 Å². The molecule has 2 aromatic heterocycles. The maximum Gasteiger partial charge on any atom is 0.0541 e. The van der Waals surface area contributed by atoms with E-state index in [4.69, 9.17) is 0 Å². The number of hydrogen-bond acceptors (Lipinski definition) is 2. The van der Waals surface area contributed by atoms with Gasteiger partial charge in [0.1, 0.15) is 0 Å². The third-order valence-corrected chi connectivity index (χ3v) is 23.7. The molecule has 4 nitrogen and oxygen atoms in total. The summed E-state index contributed by atoms with van der Waals surface area (Å²) < 4.78 is 4.85. The maximum absolute atomic E-state index is 3.98. The van der Waals surface area contributed by atoms with Crippen LogP contribution in [-0.2, 0) is 10.8 Å². The molecule has 110 heavy (non-hydrogen) atoms. The zero-order valence-corrected chi connectivity index (χ0v) is 62.0. The normalized spacial score (nSPS) is 12.9. The first-order valence-corrected chi connectivity index (χ1v) is 38.2. The molecule has 18 aromatic rings. The van der Waals surface area contributed by atoms with Crippen molar-refractivity contribution in [2.45, 2.75) is 38.5 Å². The second-order valence-corrected chi connectivity index (χ2v) is 30.6. The Bertz CT molecular complexity index is 6270. The van der Waals surface area contributed by atoms with E-state index in [2.05, 4.69) is 424 Å². The number of nitrogens with zero attached hydrogens (tertiary/aromatic N) is 4. The second-order valence-electron chi connectivity index (χ2n) is 30.6. The minimum absolute atomic E-state index is 0.152. The van der Waals surface area contributed by atoms with Crippen LogP contribution in [0.4, 0.5) is 34.1 Å². The van der Waals surface area contributed by atoms with Crippen LogP contribution in [0.15, 0.2) is 377 Å². The smallest absolute Gasteiger partial charge is 0.0541 e. The summed E-state index contributed by atoms with van der Waals surface area (Å²) in [6.07, 6.45) is 3.78. The minimum atomic E-state index is -0.152. The van der Waals surface area contributed by atoms with Gasteiger partial charge in [-0.25, -0.2) is 0 Å². The van der Waals surface area contributed by atoms with Gasteiger partial charge in [0.2, 0.25) is 0 Å². The standard InChI is InChI=1S/C106H78N4/c1-7-69-27-31-71(32-28-69)73-35-47-83(48-36-73)107(87-55-57-91-89-23-15-17-25-97(89)105(3,4)99(91)67-87)85-51-39-75(40-52-85)77-43-59-101-93(63-77)95-65-79(45-61-103(95)109(101)81-19-11-9-12-20-81)80-46-62-104-96(66-80)94-64-78(44-60-102(94)110(104)82-21-13-10-14-22-82)76-41-53-86(54-42-76)108(84-49-37-74(38-50-84)72-33-29-70(8-2)30-34-72)88-56-58-92-90-24-16-18-26-98(90)106(5,6)100(92)68-88/h7-68H,1-2H2,3-6H3. The molecule has 2 aliphatic rings. The van der Waals surface area contributed by atoms with E-state index in [1.807, 2.05) is 12.2 Å². The average molecular weight is 1410 g/mol. The Morgan fingerprint density at radius 3 is 0.782 bits per heavy atom. The van der Waals surface area contributed by atoms with E-state index in [1.54, 1.807) is 0 Å². The van der Waals surface area contributed by atoms with E-state index in [-0.39, 0.29) is 10.8 Å². The van der Waals surface area contributed by atoms with Crippen molar-refractivity contribution in [3.05, 3.63) is 411 Å². The second kappa shape index (κ2) is 26.0. The molecule has 2 aliphatic carbocycles. The summed E-state index contributed by atoms with van der Waals surface area (Å²) in [5.74, 6) is 0. The topological polar surface area (TPSA) is 16.3 Å². The number of para-hydroxylation sites is 2. The van der Waals surface area contributed by atoms with Gasteiger partial charge in [-0.1, -0.05) is 271 Å².